The first kappa shape index (κ1) is 28.0. The van der Waals surface area contributed by atoms with E-state index in [9.17, 15) is 14.0 Å². The molecule has 1 aromatic heterocycles. The minimum absolute atomic E-state index is 0.0554. The number of fused-ring (bicyclic) bond motifs is 1. The van der Waals surface area contributed by atoms with Gasteiger partial charge < -0.3 is 20.8 Å². The molecule has 1 saturated heterocycles. The fourth-order valence-electron chi connectivity index (χ4n) is 5.09. The van der Waals surface area contributed by atoms with Gasteiger partial charge in [-0.25, -0.2) is 8.78 Å². The number of nitrogens with one attached hydrogen (secondary N) is 4. The van der Waals surface area contributed by atoms with E-state index in [1.165, 1.54) is 36.5 Å². The van der Waals surface area contributed by atoms with E-state index in [4.69, 9.17) is 27.9 Å². The predicted octanol–water partition coefficient (Wildman–Crippen LogP) is 6.93. The Hall–Kier alpha value is -4.14. The normalized spacial score (nSPS) is 16.1. The Morgan fingerprint density at radius 1 is 1.02 bits per heavy atom. The van der Waals surface area contributed by atoms with Crippen LogP contribution in [0.15, 0.2) is 72.7 Å². The smallest absolute Gasteiger partial charge is 0.141 e. The number of pyridine rings is 1. The van der Waals surface area contributed by atoms with Crippen LogP contribution in [0.3, 0.4) is 0 Å². The van der Waals surface area contributed by atoms with Crippen molar-refractivity contribution in [3.63, 3.8) is 0 Å². The predicted molar refractivity (Wildman–Crippen MR) is 159 cm³/mol. The zero-order valence-corrected chi connectivity index (χ0v) is 23.6. The summed E-state index contributed by atoms with van der Waals surface area (Å²) in [5.74, 6) is -0.892. The van der Waals surface area contributed by atoms with E-state index in [1.54, 1.807) is 18.2 Å². The first-order valence-electron chi connectivity index (χ1n) is 13.3. The molecule has 0 saturated carbocycles. The molecule has 0 bridgehead atoms. The van der Waals surface area contributed by atoms with Crippen LogP contribution in [-0.4, -0.2) is 29.2 Å². The fraction of sp³-hybridized carbons (Fsp3) is 0.200. The van der Waals surface area contributed by atoms with Crippen LogP contribution < -0.4 is 21.6 Å². The minimum Gasteiger partial charge on any atom is -0.381 e. The van der Waals surface area contributed by atoms with Gasteiger partial charge >= 0.3 is 0 Å². The largest absolute Gasteiger partial charge is 0.381 e. The molecule has 42 heavy (non-hydrogen) atoms. The van der Waals surface area contributed by atoms with Crippen molar-refractivity contribution in [1.82, 2.24) is 21.0 Å². The lowest BCUT2D eigenvalue weighted by molar-refractivity contribution is 0.0348. The van der Waals surface area contributed by atoms with E-state index in [0.29, 0.717) is 46.2 Å². The maximum atomic E-state index is 13.9. The molecule has 2 aliphatic heterocycles. The number of benzene rings is 3. The van der Waals surface area contributed by atoms with Gasteiger partial charge in [-0.05, 0) is 60.9 Å². The van der Waals surface area contributed by atoms with Crippen LogP contribution in [0.5, 0.6) is 0 Å². The van der Waals surface area contributed by atoms with E-state index in [-0.39, 0.29) is 22.4 Å². The van der Waals surface area contributed by atoms with Gasteiger partial charge in [-0.3, -0.25) is 9.99 Å². The van der Waals surface area contributed by atoms with Gasteiger partial charge in [0.2, 0.25) is 0 Å². The lowest BCUT2D eigenvalue weighted by atomic mass is 10.0. The van der Waals surface area contributed by atoms with Crippen LogP contribution in [0.4, 0.5) is 25.8 Å². The van der Waals surface area contributed by atoms with Gasteiger partial charge in [0.25, 0.3) is 0 Å². The van der Waals surface area contributed by atoms with Gasteiger partial charge in [-0.15, -0.1) is 5.53 Å². The molecule has 1 fully saturated rings. The van der Waals surface area contributed by atoms with Gasteiger partial charge in [-0.2, -0.15) is 5.26 Å². The van der Waals surface area contributed by atoms with Crippen LogP contribution in [0.1, 0.15) is 30.0 Å². The van der Waals surface area contributed by atoms with Crippen LogP contribution in [0.2, 0.25) is 10.0 Å². The number of aromatic nitrogens is 1. The molecule has 214 valence electrons. The van der Waals surface area contributed by atoms with Crippen molar-refractivity contribution in [3.8, 4) is 6.07 Å². The number of ether oxygens (including phenoxy) is 1. The summed E-state index contributed by atoms with van der Waals surface area (Å²) in [6, 6.07) is 16.0. The molecule has 4 aromatic rings. The second-order valence-electron chi connectivity index (χ2n) is 9.97. The third kappa shape index (κ3) is 5.78. The number of hydrazine groups is 2. The first-order chi connectivity index (χ1) is 20.4. The maximum absolute atomic E-state index is 13.9. The SMILES string of the molecule is N#Cc1cnc2c(Cl)cc(NC(C3=CN(C4CCOCC4)NN3)c3ccc(F)cc3)cc2c1Nc1ccc(F)c(Cl)c1. The van der Waals surface area contributed by atoms with Crippen molar-refractivity contribution in [2.45, 2.75) is 24.9 Å². The molecule has 0 aliphatic carbocycles. The number of halogens is 4. The van der Waals surface area contributed by atoms with Crippen molar-refractivity contribution in [2.75, 3.05) is 23.8 Å². The molecule has 3 aromatic carbocycles. The molecule has 1 atom stereocenters. The lowest BCUT2D eigenvalue weighted by Gasteiger charge is -2.30. The molecule has 2 aliphatic rings. The van der Waals surface area contributed by atoms with Crippen molar-refractivity contribution in [1.29, 1.82) is 5.26 Å². The Morgan fingerprint density at radius 2 is 1.79 bits per heavy atom. The van der Waals surface area contributed by atoms with E-state index in [2.05, 4.69) is 32.6 Å². The fourth-order valence-corrected chi connectivity index (χ4v) is 5.54. The number of anilines is 3. The van der Waals surface area contributed by atoms with Crippen LogP contribution >= 0.6 is 23.2 Å². The first-order valence-corrected chi connectivity index (χ1v) is 14.0. The van der Waals surface area contributed by atoms with Crippen LogP contribution in [0, 0.1) is 23.0 Å². The summed E-state index contributed by atoms with van der Waals surface area (Å²) in [5, 5.41) is 19.5. The third-order valence-corrected chi connectivity index (χ3v) is 7.83. The van der Waals surface area contributed by atoms with E-state index in [0.717, 1.165) is 24.1 Å². The molecule has 1 unspecified atom stereocenters. The summed E-state index contributed by atoms with van der Waals surface area (Å²) >= 11 is 12.7. The summed E-state index contributed by atoms with van der Waals surface area (Å²) in [6.45, 7) is 1.39. The van der Waals surface area contributed by atoms with E-state index < -0.39 is 11.9 Å². The molecule has 4 N–H and O–H groups in total. The second-order valence-corrected chi connectivity index (χ2v) is 10.8. The minimum atomic E-state index is -0.552. The summed E-state index contributed by atoms with van der Waals surface area (Å²) in [7, 11) is 0. The van der Waals surface area contributed by atoms with Gasteiger partial charge in [0.15, 0.2) is 0 Å². The molecular weight excluding hydrogens is 583 g/mol. The van der Waals surface area contributed by atoms with E-state index in [1.807, 2.05) is 17.3 Å². The summed E-state index contributed by atoms with van der Waals surface area (Å²) < 4.78 is 33.2. The average molecular weight is 608 g/mol. The summed E-state index contributed by atoms with van der Waals surface area (Å²) in [5.41, 5.74) is 10.4. The number of hydrogen-bond acceptors (Lipinski definition) is 8. The zero-order valence-electron chi connectivity index (χ0n) is 22.1. The van der Waals surface area contributed by atoms with E-state index >= 15 is 0 Å². The maximum Gasteiger partial charge on any atom is 0.141 e. The van der Waals surface area contributed by atoms with Crippen LogP contribution in [0.25, 0.3) is 10.9 Å². The Labute approximate surface area is 250 Å². The molecule has 3 heterocycles. The monoisotopic (exact) mass is 607 g/mol. The zero-order chi connectivity index (χ0) is 29.2. The lowest BCUT2D eigenvalue weighted by Crippen LogP contribution is -2.45. The van der Waals surface area contributed by atoms with Crippen molar-refractivity contribution >= 4 is 51.2 Å². The number of nitrogens with zero attached hydrogens (tertiary/aromatic N) is 3. The number of nitriles is 1. The quantitative estimate of drug-likeness (QED) is 0.179. The van der Waals surface area contributed by atoms with Gasteiger partial charge in [0.1, 0.15) is 17.7 Å². The average Bonchev–Trinajstić information content (AvgIpc) is 3.49. The molecule has 0 amide bonds. The van der Waals surface area contributed by atoms with Gasteiger partial charge in [0.05, 0.1) is 44.6 Å². The molecule has 0 spiro atoms. The Bertz CT molecular complexity index is 1710. The second kappa shape index (κ2) is 12.0. The highest BCUT2D eigenvalue weighted by molar-refractivity contribution is 6.36. The van der Waals surface area contributed by atoms with Gasteiger partial charge in [0, 0.05) is 42.4 Å². The Morgan fingerprint density at radius 3 is 2.52 bits per heavy atom. The molecular formula is C30H25Cl2F2N7O. The standard InChI is InChI=1S/C30H25Cl2F2N7O/c31-24-12-20(5-6-26(24)34)37-28-18(14-35)15-36-30-23(28)11-21(13-25(30)32)38-29(17-1-3-19(33)4-2-17)27-16-41(40-39-27)22-7-9-42-10-8-22/h1-6,11-13,15-16,22,29,38-40H,7-10H2,(H,36,37). The van der Waals surface area contributed by atoms with Crippen molar-refractivity contribution < 1.29 is 13.5 Å². The highest BCUT2D eigenvalue weighted by Crippen LogP contribution is 2.37. The molecule has 6 rings (SSSR count). The number of hydrogen-bond donors (Lipinski definition) is 4. The topological polar surface area (TPSA) is 97.3 Å². The van der Waals surface area contributed by atoms with Crippen LogP contribution in [-0.2, 0) is 4.74 Å². The highest BCUT2D eigenvalue weighted by atomic mass is 35.5. The Kier molecular flexibility index (Phi) is 8.00. The van der Waals surface area contributed by atoms with Crippen molar-refractivity contribution in [2.24, 2.45) is 0 Å². The summed E-state index contributed by atoms with van der Waals surface area (Å²) in [6.07, 6.45) is 5.20. The third-order valence-electron chi connectivity index (χ3n) is 7.25. The highest BCUT2D eigenvalue weighted by Gasteiger charge is 2.28. The number of rotatable bonds is 7. The van der Waals surface area contributed by atoms with Crippen molar-refractivity contribution in [3.05, 3.63) is 105 Å². The van der Waals surface area contributed by atoms with Gasteiger partial charge in [-0.1, -0.05) is 35.3 Å². The molecule has 12 heteroatoms. The molecule has 8 nitrogen and oxygen atoms in total. The molecule has 0 radical (unpaired) electrons. The summed E-state index contributed by atoms with van der Waals surface area (Å²) in [4.78, 5) is 4.41. The Balaban J connectivity index is 1.39.